The van der Waals surface area contributed by atoms with Gasteiger partial charge in [0.05, 0.1) is 13.5 Å². The summed E-state index contributed by atoms with van der Waals surface area (Å²) in [5, 5.41) is 3.56. The van der Waals surface area contributed by atoms with E-state index in [-0.39, 0.29) is 29.3 Å². The summed E-state index contributed by atoms with van der Waals surface area (Å²) in [5.41, 5.74) is 0.285. The van der Waals surface area contributed by atoms with Crippen molar-refractivity contribution in [1.29, 1.82) is 0 Å². The Kier molecular flexibility index (Phi) is 4.24. The first-order chi connectivity index (χ1) is 7.88. The van der Waals surface area contributed by atoms with Gasteiger partial charge in [-0.05, 0) is 13.8 Å². The molecule has 17 heavy (non-hydrogen) atoms. The maximum Gasteiger partial charge on any atom is 0.306 e. The lowest BCUT2D eigenvalue weighted by Gasteiger charge is -2.04. The molecule has 0 saturated heterocycles. The monoisotopic (exact) mass is 262 g/mol. The predicted octanol–water partition coefficient (Wildman–Crippen LogP) is 0.133. The summed E-state index contributed by atoms with van der Waals surface area (Å²) in [4.78, 5) is 10.8. The van der Waals surface area contributed by atoms with Gasteiger partial charge in [-0.15, -0.1) is 0 Å². The number of rotatable bonds is 5. The molecule has 1 aromatic heterocycles. The summed E-state index contributed by atoms with van der Waals surface area (Å²) >= 11 is 0. The molecule has 0 aromatic carbocycles. The minimum Gasteiger partial charge on any atom is -0.469 e. The molecule has 0 saturated carbocycles. The summed E-state index contributed by atoms with van der Waals surface area (Å²) in [6.07, 6.45) is -0.0287. The van der Waals surface area contributed by atoms with Crippen molar-refractivity contribution < 1.29 is 22.5 Å². The molecule has 0 spiro atoms. The SMILES string of the molecule is COC(=O)CCNS(=O)(=O)c1c(C)noc1C. The molecule has 0 unspecified atom stereocenters. The fourth-order valence-corrected chi connectivity index (χ4v) is 2.68. The zero-order valence-corrected chi connectivity index (χ0v) is 10.6. The van der Waals surface area contributed by atoms with Crippen LogP contribution in [0.4, 0.5) is 0 Å². The number of sulfonamides is 1. The highest BCUT2D eigenvalue weighted by Crippen LogP contribution is 2.18. The van der Waals surface area contributed by atoms with Gasteiger partial charge in [0.15, 0.2) is 5.76 Å². The molecule has 0 radical (unpaired) electrons. The molecule has 1 heterocycles. The largest absolute Gasteiger partial charge is 0.469 e. The molecule has 1 aromatic rings. The van der Waals surface area contributed by atoms with E-state index in [9.17, 15) is 13.2 Å². The molecular weight excluding hydrogens is 248 g/mol. The van der Waals surface area contributed by atoms with Crippen molar-refractivity contribution in [2.75, 3.05) is 13.7 Å². The number of hydrogen-bond donors (Lipinski definition) is 1. The first kappa shape index (κ1) is 13.7. The first-order valence-electron chi connectivity index (χ1n) is 4.88. The third kappa shape index (κ3) is 3.27. The van der Waals surface area contributed by atoms with E-state index in [0.29, 0.717) is 0 Å². The molecule has 0 amide bonds. The molecule has 1 N–H and O–H groups in total. The number of hydrogen-bond acceptors (Lipinski definition) is 6. The van der Waals surface area contributed by atoms with Crippen LogP contribution in [0.3, 0.4) is 0 Å². The van der Waals surface area contributed by atoms with Crippen molar-refractivity contribution in [2.24, 2.45) is 0 Å². The predicted molar refractivity (Wildman–Crippen MR) is 57.8 cm³/mol. The lowest BCUT2D eigenvalue weighted by Crippen LogP contribution is -2.27. The molecule has 96 valence electrons. The van der Waals surface area contributed by atoms with Gasteiger partial charge in [-0.3, -0.25) is 4.79 Å². The van der Waals surface area contributed by atoms with Crippen LogP contribution in [0.5, 0.6) is 0 Å². The van der Waals surface area contributed by atoms with Crippen LogP contribution in [0.2, 0.25) is 0 Å². The number of carbonyl (C=O) groups is 1. The van der Waals surface area contributed by atoms with Gasteiger partial charge >= 0.3 is 5.97 Å². The Morgan fingerprint density at radius 3 is 2.59 bits per heavy atom. The van der Waals surface area contributed by atoms with Crippen molar-refractivity contribution in [3.05, 3.63) is 11.5 Å². The number of ether oxygens (including phenoxy) is 1. The van der Waals surface area contributed by atoms with E-state index in [2.05, 4.69) is 14.6 Å². The number of methoxy groups -OCH3 is 1. The van der Waals surface area contributed by atoms with E-state index in [1.54, 1.807) is 0 Å². The summed E-state index contributed by atoms with van der Waals surface area (Å²) in [5.74, 6) is -0.264. The van der Waals surface area contributed by atoms with Crippen molar-refractivity contribution in [2.45, 2.75) is 25.2 Å². The van der Waals surface area contributed by atoms with Crippen molar-refractivity contribution in [3.63, 3.8) is 0 Å². The second-order valence-electron chi connectivity index (χ2n) is 3.38. The van der Waals surface area contributed by atoms with E-state index in [0.717, 1.165) is 0 Å². The van der Waals surface area contributed by atoms with Crippen LogP contribution >= 0.6 is 0 Å². The third-order valence-corrected chi connectivity index (χ3v) is 3.79. The highest BCUT2D eigenvalue weighted by Gasteiger charge is 2.23. The Bertz CT molecular complexity index is 486. The third-order valence-electron chi connectivity index (χ3n) is 2.09. The van der Waals surface area contributed by atoms with Crippen LogP contribution < -0.4 is 4.72 Å². The fraction of sp³-hybridized carbons (Fsp3) is 0.556. The molecule has 0 aliphatic heterocycles. The highest BCUT2D eigenvalue weighted by atomic mass is 32.2. The summed E-state index contributed by atoms with van der Waals surface area (Å²) in [7, 11) is -2.46. The number of nitrogens with one attached hydrogen (secondary N) is 1. The fourth-order valence-electron chi connectivity index (χ4n) is 1.32. The Morgan fingerprint density at radius 2 is 2.12 bits per heavy atom. The number of carbonyl (C=O) groups excluding carboxylic acids is 1. The van der Waals surface area contributed by atoms with Gasteiger partial charge < -0.3 is 9.26 Å². The number of nitrogens with zero attached hydrogens (tertiary/aromatic N) is 1. The molecule has 8 heteroatoms. The van der Waals surface area contributed by atoms with E-state index in [4.69, 9.17) is 4.52 Å². The average Bonchev–Trinajstić information content (AvgIpc) is 2.58. The standard InChI is InChI=1S/C9H14N2O5S/c1-6-9(7(2)16-11-6)17(13,14)10-5-4-8(12)15-3/h10H,4-5H2,1-3H3. The van der Waals surface area contributed by atoms with E-state index >= 15 is 0 Å². The van der Waals surface area contributed by atoms with Crippen LogP contribution in [-0.2, 0) is 19.6 Å². The van der Waals surface area contributed by atoms with Gasteiger partial charge in [-0.2, -0.15) is 0 Å². The van der Waals surface area contributed by atoms with Gasteiger partial charge in [-0.25, -0.2) is 13.1 Å². The number of esters is 1. The molecule has 7 nitrogen and oxygen atoms in total. The summed E-state index contributed by atoms with van der Waals surface area (Å²) in [6, 6.07) is 0. The van der Waals surface area contributed by atoms with Crippen LogP contribution in [0.25, 0.3) is 0 Å². The zero-order valence-electron chi connectivity index (χ0n) is 9.81. The van der Waals surface area contributed by atoms with Crippen LogP contribution in [0, 0.1) is 13.8 Å². The minimum absolute atomic E-state index is 0.0161. The number of aryl methyl sites for hydroxylation is 2. The second kappa shape index (κ2) is 5.28. The van der Waals surface area contributed by atoms with Gasteiger partial charge in [0.25, 0.3) is 0 Å². The Hall–Kier alpha value is -1.41. The Balaban J connectivity index is 2.73. The summed E-state index contributed by atoms with van der Waals surface area (Å²) in [6.45, 7) is 3.01. The van der Waals surface area contributed by atoms with E-state index in [1.807, 2.05) is 0 Å². The summed E-state index contributed by atoms with van der Waals surface area (Å²) < 4.78 is 35.1. The molecule has 0 atom stereocenters. The average molecular weight is 262 g/mol. The lowest BCUT2D eigenvalue weighted by molar-refractivity contribution is -0.140. The maximum absolute atomic E-state index is 11.8. The van der Waals surface area contributed by atoms with Gasteiger partial charge in [0.2, 0.25) is 10.0 Å². The normalized spacial score (nSPS) is 11.5. The Morgan fingerprint density at radius 1 is 1.47 bits per heavy atom. The van der Waals surface area contributed by atoms with Crippen LogP contribution in [-0.4, -0.2) is 33.2 Å². The first-order valence-corrected chi connectivity index (χ1v) is 6.36. The van der Waals surface area contributed by atoms with Crippen molar-refractivity contribution in [3.8, 4) is 0 Å². The lowest BCUT2D eigenvalue weighted by atomic mass is 10.4. The molecule has 0 fully saturated rings. The van der Waals surface area contributed by atoms with E-state index in [1.165, 1.54) is 21.0 Å². The Labute approximate surface area is 99.2 Å². The smallest absolute Gasteiger partial charge is 0.306 e. The van der Waals surface area contributed by atoms with Crippen LogP contribution in [0.1, 0.15) is 17.9 Å². The molecule has 0 bridgehead atoms. The maximum atomic E-state index is 11.8. The van der Waals surface area contributed by atoms with E-state index < -0.39 is 16.0 Å². The minimum atomic E-state index is -3.70. The molecule has 0 aliphatic rings. The van der Waals surface area contributed by atoms with Gasteiger partial charge in [0, 0.05) is 6.54 Å². The second-order valence-corrected chi connectivity index (χ2v) is 5.08. The molecule has 0 aliphatic carbocycles. The van der Waals surface area contributed by atoms with Crippen molar-refractivity contribution >= 4 is 16.0 Å². The number of aromatic nitrogens is 1. The zero-order chi connectivity index (χ0) is 13.1. The van der Waals surface area contributed by atoms with Crippen molar-refractivity contribution in [1.82, 2.24) is 9.88 Å². The van der Waals surface area contributed by atoms with Gasteiger partial charge in [0.1, 0.15) is 10.6 Å². The highest BCUT2D eigenvalue weighted by molar-refractivity contribution is 7.89. The molecular formula is C9H14N2O5S. The quantitative estimate of drug-likeness (QED) is 0.757. The topological polar surface area (TPSA) is 98.5 Å². The van der Waals surface area contributed by atoms with Gasteiger partial charge in [-0.1, -0.05) is 5.16 Å². The van der Waals surface area contributed by atoms with Crippen LogP contribution in [0.15, 0.2) is 9.42 Å². The molecule has 1 rings (SSSR count).